The zero-order valence-corrected chi connectivity index (χ0v) is 16.6. The SMILES string of the molecule is CCn1cc(C(=O)NCc2ccc(C(=O)N3CCOCC3)cc2)c2ccccc21. The number of hydrogen-bond donors (Lipinski definition) is 1. The van der Waals surface area contributed by atoms with Crippen LogP contribution in [0.5, 0.6) is 0 Å². The Bertz CT molecular complexity index is 1020. The molecule has 1 N–H and O–H groups in total. The molecule has 29 heavy (non-hydrogen) atoms. The number of nitrogens with zero attached hydrogens (tertiary/aromatic N) is 2. The summed E-state index contributed by atoms with van der Waals surface area (Å²) in [6.45, 7) is 5.72. The zero-order chi connectivity index (χ0) is 20.2. The number of rotatable bonds is 5. The second-order valence-electron chi connectivity index (χ2n) is 7.13. The van der Waals surface area contributed by atoms with Gasteiger partial charge >= 0.3 is 0 Å². The molecule has 1 aromatic heterocycles. The summed E-state index contributed by atoms with van der Waals surface area (Å²) < 4.78 is 7.38. The van der Waals surface area contributed by atoms with Gasteiger partial charge in [-0.3, -0.25) is 9.59 Å². The fraction of sp³-hybridized carbons (Fsp3) is 0.304. The molecule has 3 aromatic rings. The van der Waals surface area contributed by atoms with E-state index in [4.69, 9.17) is 4.74 Å². The monoisotopic (exact) mass is 391 g/mol. The van der Waals surface area contributed by atoms with E-state index in [1.807, 2.05) is 59.6 Å². The molecule has 1 saturated heterocycles. The lowest BCUT2D eigenvalue weighted by molar-refractivity contribution is 0.0303. The smallest absolute Gasteiger partial charge is 0.254 e. The lowest BCUT2D eigenvalue weighted by Gasteiger charge is -2.26. The van der Waals surface area contributed by atoms with Gasteiger partial charge in [-0.1, -0.05) is 30.3 Å². The Labute approximate surface area is 170 Å². The minimum absolute atomic E-state index is 0.0243. The molecular formula is C23H25N3O3. The third-order valence-corrected chi connectivity index (χ3v) is 5.33. The molecule has 6 nitrogen and oxygen atoms in total. The van der Waals surface area contributed by atoms with Crippen LogP contribution in [0.25, 0.3) is 10.9 Å². The molecule has 1 aliphatic heterocycles. The Morgan fingerprint density at radius 3 is 2.48 bits per heavy atom. The van der Waals surface area contributed by atoms with E-state index in [0.29, 0.717) is 44.0 Å². The molecule has 0 aliphatic carbocycles. The minimum Gasteiger partial charge on any atom is -0.378 e. The van der Waals surface area contributed by atoms with Crippen LogP contribution < -0.4 is 5.32 Å². The summed E-state index contributed by atoms with van der Waals surface area (Å²) in [5.41, 5.74) is 3.36. The molecule has 4 rings (SSSR count). The number of morpholine rings is 1. The molecule has 0 unspecified atom stereocenters. The van der Waals surface area contributed by atoms with Crippen molar-refractivity contribution in [3.05, 3.63) is 71.4 Å². The average Bonchev–Trinajstić information content (AvgIpc) is 3.17. The van der Waals surface area contributed by atoms with Crippen LogP contribution in [0.3, 0.4) is 0 Å². The van der Waals surface area contributed by atoms with Gasteiger partial charge in [0.25, 0.3) is 11.8 Å². The molecule has 1 aliphatic rings. The maximum absolute atomic E-state index is 12.7. The van der Waals surface area contributed by atoms with E-state index in [1.165, 1.54) is 0 Å². The van der Waals surface area contributed by atoms with Gasteiger partial charge < -0.3 is 19.5 Å². The first kappa shape index (κ1) is 19.2. The van der Waals surface area contributed by atoms with Gasteiger partial charge in [0, 0.05) is 48.8 Å². The van der Waals surface area contributed by atoms with Crippen molar-refractivity contribution in [3.63, 3.8) is 0 Å². The Morgan fingerprint density at radius 1 is 1.03 bits per heavy atom. The lowest BCUT2D eigenvalue weighted by atomic mass is 10.1. The number of amides is 2. The summed E-state index contributed by atoms with van der Waals surface area (Å²) in [6, 6.07) is 15.4. The topological polar surface area (TPSA) is 63.6 Å². The van der Waals surface area contributed by atoms with Crippen LogP contribution in [0.15, 0.2) is 54.7 Å². The number of carbonyl (C=O) groups excluding carboxylic acids is 2. The Kier molecular flexibility index (Phi) is 5.62. The molecule has 6 heteroatoms. The van der Waals surface area contributed by atoms with Crippen LogP contribution in [-0.2, 0) is 17.8 Å². The first-order valence-electron chi connectivity index (χ1n) is 9.99. The van der Waals surface area contributed by atoms with Gasteiger partial charge in [-0.15, -0.1) is 0 Å². The molecule has 0 saturated carbocycles. The van der Waals surface area contributed by atoms with Crippen LogP contribution >= 0.6 is 0 Å². The predicted molar refractivity (Wildman–Crippen MR) is 112 cm³/mol. The van der Waals surface area contributed by atoms with Crippen LogP contribution in [0, 0.1) is 0 Å². The van der Waals surface area contributed by atoms with Crippen molar-refractivity contribution in [2.75, 3.05) is 26.3 Å². The van der Waals surface area contributed by atoms with E-state index in [9.17, 15) is 9.59 Å². The average molecular weight is 391 g/mol. The summed E-state index contributed by atoms with van der Waals surface area (Å²) in [5.74, 6) is -0.0712. The molecule has 0 bridgehead atoms. The van der Waals surface area contributed by atoms with Crippen LogP contribution in [0.1, 0.15) is 33.2 Å². The molecular weight excluding hydrogens is 366 g/mol. The highest BCUT2D eigenvalue weighted by atomic mass is 16.5. The summed E-state index contributed by atoms with van der Waals surface area (Å²) in [4.78, 5) is 27.1. The first-order valence-corrected chi connectivity index (χ1v) is 9.99. The fourth-order valence-corrected chi connectivity index (χ4v) is 3.68. The third-order valence-electron chi connectivity index (χ3n) is 5.33. The van der Waals surface area contributed by atoms with Crippen molar-refractivity contribution in [1.29, 1.82) is 0 Å². The summed E-state index contributed by atoms with van der Waals surface area (Å²) in [6.07, 6.45) is 1.91. The normalized spacial score (nSPS) is 14.2. The predicted octanol–water partition coefficient (Wildman–Crippen LogP) is 3.06. The van der Waals surface area contributed by atoms with Crippen molar-refractivity contribution >= 4 is 22.7 Å². The molecule has 2 heterocycles. The molecule has 150 valence electrons. The number of benzene rings is 2. The molecule has 0 spiro atoms. The standard InChI is InChI=1S/C23H25N3O3/c1-2-25-16-20(19-5-3-4-6-21(19)25)22(27)24-15-17-7-9-18(10-8-17)23(28)26-11-13-29-14-12-26/h3-10,16H,2,11-15H2,1H3,(H,24,27). The van der Waals surface area contributed by atoms with Crippen molar-refractivity contribution in [1.82, 2.24) is 14.8 Å². The highest BCUT2D eigenvalue weighted by Crippen LogP contribution is 2.21. The summed E-state index contributed by atoms with van der Waals surface area (Å²) in [5, 5.41) is 3.95. The molecule has 0 atom stereocenters. The Morgan fingerprint density at radius 2 is 1.76 bits per heavy atom. The highest BCUT2D eigenvalue weighted by molar-refractivity contribution is 6.07. The van der Waals surface area contributed by atoms with E-state index < -0.39 is 0 Å². The van der Waals surface area contributed by atoms with Gasteiger partial charge in [-0.05, 0) is 30.7 Å². The minimum atomic E-state index is -0.0955. The van der Waals surface area contributed by atoms with Crippen LogP contribution in [0.4, 0.5) is 0 Å². The quantitative estimate of drug-likeness (QED) is 0.727. The van der Waals surface area contributed by atoms with Gasteiger partial charge in [0.2, 0.25) is 0 Å². The fourth-order valence-electron chi connectivity index (χ4n) is 3.68. The van der Waals surface area contributed by atoms with Crippen LogP contribution in [0.2, 0.25) is 0 Å². The second kappa shape index (κ2) is 8.49. The number of nitrogens with one attached hydrogen (secondary N) is 1. The number of carbonyl (C=O) groups is 2. The van der Waals surface area contributed by atoms with E-state index in [2.05, 4.69) is 16.8 Å². The van der Waals surface area contributed by atoms with Crippen LogP contribution in [-0.4, -0.2) is 47.6 Å². The number of aryl methyl sites for hydroxylation is 1. The van der Waals surface area contributed by atoms with Crippen molar-refractivity contribution in [2.45, 2.75) is 20.0 Å². The van der Waals surface area contributed by atoms with Gasteiger partial charge in [0.05, 0.1) is 18.8 Å². The van der Waals surface area contributed by atoms with Crippen molar-refractivity contribution in [2.24, 2.45) is 0 Å². The van der Waals surface area contributed by atoms with E-state index in [-0.39, 0.29) is 11.8 Å². The lowest BCUT2D eigenvalue weighted by Crippen LogP contribution is -2.40. The second-order valence-corrected chi connectivity index (χ2v) is 7.13. The van der Waals surface area contributed by atoms with E-state index in [0.717, 1.165) is 23.0 Å². The summed E-state index contributed by atoms with van der Waals surface area (Å²) in [7, 11) is 0. The number of para-hydroxylation sites is 1. The van der Waals surface area contributed by atoms with E-state index >= 15 is 0 Å². The maximum atomic E-state index is 12.7. The molecule has 2 aromatic carbocycles. The Hall–Kier alpha value is -3.12. The summed E-state index contributed by atoms with van der Waals surface area (Å²) >= 11 is 0. The van der Waals surface area contributed by atoms with E-state index in [1.54, 1.807) is 0 Å². The number of fused-ring (bicyclic) bond motifs is 1. The first-order chi connectivity index (χ1) is 14.2. The van der Waals surface area contributed by atoms with Gasteiger partial charge in [-0.25, -0.2) is 0 Å². The molecule has 0 radical (unpaired) electrons. The van der Waals surface area contributed by atoms with Crippen molar-refractivity contribution < 1.29 is 14.3 Å². The highest BCUT2D eigenvalue weighted by Gasteiger charge is 2.18. The van der Waals surface area contributed by atoms with Gasteiger partial charge in [0.1, 0.15) is 0 Å². The number of hydrogen-bond acceptors (Lipinski definition) is 3. The van der Waals surface area contributed by atoms with Crippen molar-refractivity contribution in [3.8, 4) is 0 Å². The van der Waals surface area contributed by atoms with Gasteiger partial charge in [0.15, 0.2) is 0 Å². The Balaban J connectivity index is 1.41. The maximum Gasteiger partial charge on any atom is 0.254 e. The molecule has 1 fully saturated rings. The number of ether oxygens (including phenoxy) is 1. The largest absolute Gasteiger partial charge is 0.378 e. The zero-order valence-electron chi connectivity index (χ0n) is 16.6. The van der Waals surface area contributed by atoms with Gasteiger partial charge in [-0.2, -0.15) is 0 Å². The molecule has 2 amide bonds. The number of aromatic nitrogens is 1. The third kappa shape index (κ3) is 4.03.